The fourth-order valence-electron chi connectivity index (χ4n) is 18.7. The van der Waals surface area contributed by atoms with E-state index in [0.29, 0.717) is 11.1 Å². The standard InChI is InChI=1S/C27H22.C20H24.C17H14F6.C15H16.C14H14O.C12H18.C11H16.2C8H10/c1-19-11-15-21(16-12-19)27(22-17-13-20(2)14-18-22)25-9-5-3-7-23(25)24-8-4-6-10-26(24)27;1-14-6-9-16(10-7-14)20(5)13-19(3,4)18-12-15(2)8-11-17(18)20;1-11-3-7-13(8-4-11)15(16(18,19)20,17(21,22)23)14-9-5-12(2)6-10-14;1-12-3-7-14(8-4-12)11-15-9-5-13(2)6-10-15;1-11-3-7-13(8-4-11)15-14-9-5-12(2)6-10-14;1-6-12-7-8(2)9(3)10(4)11(12)5;1-7-6-8(2)10(4)11(5)9(7)3;1-7-3-5-8(2)6-4-7;1-7-4-3-5-8(2)6-7/h3-18H,1-2H3;6-12H,13H2,1-5H3;3-10H,1-2H3;3-10H,11H2,1-2H3;3-10H,1-2H3;7H,6H2,1-5H3;6H,1-5H3;2*3-6H,1-2H3. The zero-order valence-electron chi connectivity index (χ0n) is 87.2. The van der Waals surface area contributed by atoms with Crippen LogP contribution in [0.3, 0.4) is 0 Å². The van der Waals surface area contributed by atoms with Crippen LogP contribution in [0.15, 0.2) is 346 Å². The van der Waals surface area contributed by atoms with Crippen LogP contribution in [-0.4, -0.2) is 12.4 Å². The average Bonchev–Trinajstić information content (AvgIpc) is 1.67. The minimum Gasteiger partial charge on any atom is -0.457 e. The van der Waals surface area contributed by atoms with Gasteiger partial charge in [-0.2, -0.15) is 26.3 Å². The Bertz CT molecular complexity index is 6280. The number of hydrogen-bond donors (Lipinski definition) is 0. The third kappa shape index (κ3) is 27.1. The Labute approximate surface area is 829 Å². The summed E-state index contributed by atoms with van der Waals surface area (Å²) in [5.41, 5.74) is 41.1. The lowest BCUT2D eigenvalue weighted by Crippen LogP contribution is -2.54. The van der Waals surface area contributed by atoms with Gasteiger partial charge in [-0.3, -0.25) is 0 Å². The molecule has 720 valence electrons. The summed E-state index contributed by atoms with van der Waals surface area (Å²) in [6, 6.07) is 116. The van der Waals surface area contributed by atoms with E-state index >= 15 is 0 Å². The Morgan fingerprint density at radius 1 is 0.252 bits per heavy atom. The minimum absolute atomic E-state index is 0.139. The molecule has 0 heterocycles. The molecule has 1 unspecified atom stereocenters. The third-order valence-electron chi connectivity index (χ3n) is 27.8. The van der Waals surface area contributed by atoms with Crippen molar-refractivity contribution in [2.45, 2.75) is 240 Å². The summed E-state index contributed by atoms with van der Waals surface area (Å²) in [6.07, 6.45) is -7.71. The van der Waals surface area contributed by atoms with Gasteiger partial charge in [-0.05, 0) is 336 Å². The molecule has 7 heteroatoms. The number of hydrogen-bond acceptors (Lipinski definition) is 1. The van der Waals surface area contributed by atoms with E-state index in [4.69, 9.17) is 4.74 Å². The summed E-state index contributed by atoms with van der Waals surface area (Å²) in [5.74, 6) is 1.76. The van der Waals surface area contributed by atoms with Crippen molar-refractivity contribution in [2.75, 3.05) is 0 Å². The second-order valence-corrected chi connectivity index (χ2v) is 39.5. The summed E-state index contributed by atoms with van der Waals surface area (Å²) in [5, 5.41) is 0. The van der Waals surface area contributed by atoms with Crippen molar-refractivity contribution in [1.29, 1.82) is 0 Å². The van der Waals surface area contributed by atoms with Crippen molar-refractivity contribution >= 4 is 0 Å². The molecule has 0 saturated carbocycles. The van der Waals surface area contributed by atoms with Gasteiger partial charge in [0, 0.05) is 5.41 Å². The number of alkyl halides is 6. The van der Waals surface area contributed by atoms with Crippen molar-refractivity contribution in [3.8, 4) is 22.6 Å². The molecule has 1 atom stereocenters. The SMILES string of the molecule is CCc1cc(C)c(C)c(C)c1C.Cc1cc(C)c(C)c(C)c1C.Cc1ccc(C(c2ccc(C)cc2)(C(F)(F)F)C(F)(F)F)cc1.Cc1ccc(C)cc1.Cc1ccc(C2(C)CC(C)(C)c3cc(C)ccc32)cc1.Cc1ccc(C2(c3ccc(C)cc3)c3ccccc3-c3ccccc32)cc1.Cc1ccc(Cc2ccc(C)cc2)cc1.Cc1ccc(Oc2ccc(C)cc2)cc1.Cc1cccc(C)c1. The predicted octanol–water partition coefficient (Wildman–Crippen LogP) is 37.0. The molecular weight excluding hydrogens is 1720 g/mol. The summed E-state index contributed by atoms with van der Waals surface area (Å²) in [6.45, 7) is 57.8. The maximum absolute atomic E-state index is 13.7. The smallest absolute Gasteiger partial charge is 0.411 e. The van der Waals surface area contributed by atoms with Crippen molar-refractivity contribution in [3.05, 3.63) is 541 Å². The lowest BCUT2D eigenvalue weighted by Gasteiger charge is -2.38. The number of aryl methyl sites for hydroxylation is 18. The summed E-state index contributed by atoms with van der Waals surface area (Å²) in [4.78, 5) is 0. The molecule has 2 aliphatic rings. The normalized spacial score (nSPS) is 13.2. The van der Waals surface area contributed by atoms with Crippen LogP contribution in [0.4, 0.5) is 26.3 Å². The Morgan fingerprint density at radius 2 is 0.540 bits per heavy atom. The van der Waals surface area contributed by atoms with Gasteiger partial charge in [-0.25, -0.2) is 0 Å². The molecule has 0 aliphatic heterocycles. The molecule has 1 nitrogen and oxygen atoms in total. The van der Waals surface area contributed by atoms with E-state index in [9.17, 15) is 26.3 Å². The highest BCUT2D eigenvalue weighted by Crippen LogP contribution is 2.59. The van der Waals surface area contributed by atoms with Gasteiger partial charge in [0.1, 0.15) is 11.5 Å². The first-order valence-electron chi connectivity index (χ1n) is 48.6. The van der Waals surface area contributed by atoms with Gasteiger partial charge in [-0.1, -0.05) is 427 Å². The molecule has 16 aromatic rings. The molecule has 0 fully saturated rings. The zero-order chi connectivity index (χ0) is 102. The number of rotatable bonds is 10. The largest absolute Gasteiger partial charge is 0.457 e. The monoisotopic (exact) mass is 1860 g/mol. The molecule has 0 amide bonds. The number of benzene rings is 16. The molecule has 0 N–H and O–H groups in total. The fourth-order valence-corrected chi connectivity index (χ4v) is 18.7. The molecule has 0 saturated heterocycles. The first-order chi connectivity index (χ1) is 65.7. The summed E-state index contributed by atoms with van der Waals surface area (Å²) < 4.78 is 88.0. The molecular formula is C132H144F6O. The zero-order valence-corrected chi connectivity index (χ0v) is 87.2. The second-order valence-electron chi connectivity index (χ2n) is 39.5. The van der Waals surface area contributed by atoms with E-state index < -0.39 is 28.9 Å². The number of ether oxygens (including phenoxy) is 1. The van der Waals surface area contributed by atoms with Crippen LogP contribution in [0.5, 0.6) is 11.5 Å². The van der Waals surface area contributed by atoms with Crippen LogP contribution in [0.2, 0.25) is 0 Å². The van der Waals surface area contributed by atoms with Gasteiger partial charge in [0.2, 0.25) is 5.41 Å². The Kier molecular flexibility index (Phi) is 36.9. The van der Waals surface area contributed by atoms with Gasteiger partial charge >= 0.3 is 12.4 Å². The van der Waals surface area contributed by atoms with Crippen molar-refractivity contribution in [1.82, 2.24) is 0 Å². The highest BCUT2D eigenvalue weighted by molar-refractivity contribution is 5.86. The van der Waals surface area contributed by atoms with Gasteiger partial charge in [0.15, 0.2) is 0 Å². The van der Waals surface area contributed by atoms with Crippen LogP contribution in [0.1, 0.15) is 229 Å². The van der Waals surface area contributed by atoms with Gasteiger partial charge in [0.25, 0.3) is 0 Å². The van der Waals surface area contributed by atoms with Crippen LogP contribution in [0.25, 0.3) is 11.1 Å². The first-order valence-corrected chi connectivity index (χ1v) is 48.6. The fraction of sp³-hybridized carbons (Fsp3) is 0.273. The van der Waals surface area contributed by atoms with Gasteiger partial charge < -0.3 is 4.74 Å². The highest BCUT2D eigenvalue weighted by Gasteiger charge is 2.72. The molecule has 0 bridgehead atoms. The first kappa shape index (κ1) is 108. The Balaban J connectivity index is 0.000000165. The van der Waals surface area contributed by atoms with E-state index in [1.807, 2.05) is 48.5 Å². The van der Waals surface area contributed by atoms with E-state index in [1.54, 1.807) is 13.8 Å². The van der Waals surface area contributed by atoms with Crippen LogP contribution < -0.4 is 4.74 Å². The number of fused-ring (bicyclic) bond motifs is 4. The molecule has 0 aromatic heterocycles. The molecule has 0 radical (unpaired) electrons. The predicted molar refractivity (Wildman–Crippen MR) is 579 cm³/mol. The Hall–Kier alpha value is -13.1. The number of halogens is 6. The molecule has 139 heavy (non-hydrogen) atoms. The molecule has 16 aromatic carbocycles. The van der Waals surface area contributed by atoms with Gasteiger partial charge in [0.05, 0.1) is 5.41 Å². The van der Waals surface area contributed by atoms with Crippen LogP contribution >= 0.6 is 0 Å². The van der Waals surface area contributed by atoms with E-state index in [-0.39, 0.29) is 16.2 Å². The quantitative estimate of drug-likeness (QED) is 0.124. The molecule has 0 spiro atoms. The van der Waals surface area contributed by atoms with E-state index in [0.717, 1.165) is 48.6 Å². The van der Waals surface area contributed by atoms with Crippen molar-refractivity contribution < 1.29 is 31.1 Å². The van der Waals surface area contributed by atoms with Crippen molar-refractivity contribution in [3.63, 3.8) is 0 Å². The van der Waals surface area contributed by atoms with E-state index in [2.05, 4.69) is 422 Å². The lowest BCUT2D eigenvalue weighted by molar-refractivity contribution is -0.288. The maximum atomic E-state index is 13.7. The maximum Gasteiger partial charge on any atom is 0.411 e. The van der Waals surface area contributed by atoms with Crippen LogP contribution in [0, 0.1) is 159 Å². The lowest BCUT2D eigenvalue weighted by atomic mass is 9.67. The topological polar surface area (TPSA) is 9.23 Å². The summed E-state index contributed by atoms with van der Waals surface area (Å²) >= 11 is 0. The molecule has 18 rings (SSSR count). The highest BCUT2D eigenvalue weighted by atomic mass is 19.4. The van der Waals surface area contributed by atoms with Crippen LogP contribution in [-0.2, 0) is 34.5 Å². The average molecular weight is 1860 g/mol. The van der Waals surface area contributed by atoms with E-state index in [1.165, 1.54) is 214 Å². The summed E-state index contributed by atoms with van der Waals surface area (Å²) in [7, 11) is 0. The third-order valence-corrected chi connectivity index (χ3v) is 27.8. The molecule has 2 aliphatic carbocycles. The minimum atomic E-state index is -5.53. The van der Waals surface area contributed by atoms with Gasteiger partial charge in [-0.15, -0.1) is 0 Å². The van der Waals surface area contributed by atoms with Crippen molar-refractivity contribution in [2.24, 2.45) is 0 Å². The Morgan fingerprint density at radius 3 is 0.871 bits per heavy atom. The second kappa shape index (κ2) is 47.5.